The van der Waals surface area contributed by atoms with Crippen LogP contribution in [-0.2, 0) is 32.5 Å². The largest absolute Gasteiger partial charge is 0.380 e. The molecule has 0 bridgehead atoms. The van der Waals surface area contributed by atoms with Crippen LogP contribution in [0.25, 0.3) is 0 Å². The van der Waals surface area contributed by atoms with Gasteiger partial charge in [-0.25, -0.2) is 8.42 Å². The predicted octanol–water partition coefficient (Wildman–Crippen LogP) is 1.04. The highest BCUT2D eigenvalue weighted by Crippen LogP contribution is 2.28. The van der Waals surface area contributed by atoms with E-state index in [9.17, 15) is 13.2 Å². The Morgan fingerprint density at radius 1 is 1.21 bits per heavy atom. The molecule has 6 nitrogen and oxygen atoms in total. The number of benzene rings is 1. The van der Waals surface area contributed by atoms with Crippen LogP contribution in [0.5, 0.6) is 0 Å². The average molecular weight is 377 g/mol. The van der Waals surface area contributed by atoms with Crippen molar-refractivity contribution in [3.05, 3.63) is 35.4 Å². The number of hydrogen-bond donors (Lipinski definition) is 2. The molecule has 1 heterocycles. The van der Waals surface area contributed by atoms with Gasteiger partial charge in [-0.3, -0.25) is 4.79 Å². The number of carbonyl (C=O) groups is 1. The third kappa shape index (κ3) is 4.69. The van der Waals surface area contributed by atoms with Gasteiger partial charge in [0.2, 0.25) is 5.91 Å². The highest BCUT2D eigenvalue weighted by molar-refractivity contribution is 7.92. The lowest BCUT2D eigenvalue weighted by Gasteiger charge is -2.34. The van der Waals surface area contributed by atoms with E-state index < -0.39 is 20.5 Å². The van der Waals surface area contributed by atoms with Crippen molar-refractivity contribution in [2.24, 2.45) is 0 Å². The summed E-state index contributed by atoms with van der Waals surface area (Å²) in [6.07, 6.45) is 1.77. The van der Waals surface area contributed by atoms with Gasteiger partial charge in [-0.05, 0) is 37.1 Å². The van der Waals surface area contributed by atoms with E-state index in [1.165, 1.54) is 0 Å². The zero-order valence-electron chi connectivity index (χ0n) is 14.0. The molecule has 8 heteroatoms. The molecule has 0 saturated carbocycles. The van der Waals surface area contributed by atoms with E-state index in [1.807, 2.05) is 24.3 Å². The number of hydrogen-bond acceptors (Lipinski definition) is 5. The molecule has 136 valence electrons. The molecular weight excluding hydrogens is 352 g/mol. The van der Waals surface area contributed by atoms with Crippen molar-refractivity contribution in [1.29, 1.82) is 0 Å². The fourth-order valence-corrected chi connectivity index (χ4v) is 4.21. The molecule has 1 aromatic rings. The minimum atomic E-state index is -3.47. The highest BCUT2D eigenvalue weighted by Gasteiger charge is 2.48. The van der Waals surface area contributed by atoms with E-state index in [-0.39, 0.29) is 12.4 Å². The Kier molecular flexibility index (Phi) is 7.66. The molecule has 0 radical (unpaired) electrons. The van der Waals surface area contributed by atoms with Gasteiger partial charge in [0.25, 0.3) is 0 Å². The maximum absolute atomic E-state index is 12.6. The molecule has 0 spiro atoms. The second kappa shape index (κ2) is 8.80. The van der Waals surface area contributed by atoms with Gasteiger partial charge in [0.1, 0.15) is 0 Å². The summed E-state index contributed by atoms with van der Waals surface area (Å²) < 4.78 is 28.1. The molecule has 1 amide bonds. The molecule has 1 aliphatic rings. The summed E-state index contributed by atoms with van der Waals surface area (Å²) in [5.41, 5.74) is 1.98. The number of ether oxygens (including phenoxy) is 1. The van der Waals surface area contributed by atoms with Crippen molar-refractivity contribution in [1.82, 2.24) is 10.6 Å². The lowest BCUT2D eigenvalue weighted by molar-refractivity contribution is -0.124. The molecule has 0 unspecified atom stereocenters. The van der Waals surface area contributed by atoms with Gasteiger partial charge in [0.15, 0.2) is 14.6 Å². The van der Waals surface area contributed by atoms with Gasteiger partial charge >= 0.3 is 0 Å². The first-order valence-electron chi connectivity index (χ1n) is 7.64. The van der Waals surface area contributed by atoms with Gasteiger partial charge in [-0.2, -0.15) is 0 Å². The third-order valence-corrected chi connectivity index (χ3v) is 6.34. The fourth-order valence-electron chi connectivity index (χ4n) is 2.86. The van der Waals surface area contributed by atoms with E-state index in [4.69, 9.17) is 4.74 Å². The molecule has 1 saturated heterocycles. The second-order valence-electron chi connectivity index (χ2n) is 5.95. The Bertz CT molecular complexity index is 641. The maximum atomic E-state index is 12.6. The number of sulfone groups is 1. The smallest absolute Gasteiger partial charge is 0.241 e. The minimum absolute atomic E-state index is 0. The van der Waals surface area contributed by atoms with Crippen molar-refractivity contribution in [2.45, 2.75) is 30.7 Å². The molecule has 1 aromatic carbocycles. The summed E-state index contributed by atoms with van der Waals surface area (Å²) in [7, 11) is -1.84. The summed E-state index contributed by atoms with van der Waals surface area (Å²) in [6, 6.07) is 7.68. The number of methoxy groups -OCH3 is 1. The Morgan fingerprint density at radius 3 is 2.25 bits per heavy atom. The van der Waals surface area contributed by atoms with E-state index in [2.05, 4.69) is 10.6 Å². The van der Waals surface area contributed by atoms with Crippen LogP contribution in [0, 0.1) is 0 Å². The molecule has 2 N–H and O–H groups in total. The van der Waals surface area contributed by atoms with Crippen molar-refractivity contribution in [3.63, 3.8) is 0 Å². The summed E-state index contributed by atoms with van der Waals surface area (Å²) in [6.45, 7) is 1.92. The number of amides is 1. The van der Waals surface area contributed by atoms with Crippen LogP contribution in [0.2, 0.25) is 0 Å². The van der Waals surface area contributed by atoms with Crippen LogP contribution in [0.1, 0.15) is 24.0 Å². The summed E-state index contributed by atoms with van der Waals surface area (Å²) in [4.78, 5) is 12.6. The van der Waals surface area contributed by atoms with Crippen LogP contribution >= 0.6 is 12.4 Å². The quantitative estimate of drug-likeness (QED) is 0.774. The molecule has 1 aliphatic heterocycles. The number of carbonyl (C=O) groups excluding carboxylic acids is 1. The van der Waals surface area contributed by atoms with E-state index >= 15 is 0 Å². The molecule has 0 aromatic heterocycles. The number of rotatable bonds is 6. The van der Waals surface area contributed by atoms with Crippen LogP contribution in [0.4, 0.5) is 0 Å². The van der Waals surface area contributed by atoms with E-state index in [0.29, 0.717) is 39.1 Å². The summed E-state index contributed by atoms with van der Waals surface area (Å²) in [5.74, 6) is -0.400. The first-order chi connectivity index (χ1) is 10.9. The van der Waals surface area contributed by atoms with Gasteiger partial charge in [0, 0.05) is 19.9 Å². The predicted molar refractivity (Wildman–Crippen MR) is 95.9 cm³/mol. The van der Waals surface area contributed by atoms with Crippen LogP contribution in [0.3, 0.4) is 0 Å². The lowest BCUT2D eigenvalue weighted by atomic mass is 9.95. The number of halogens is 1. The van der Waals surface area contributed by atoms with Gasteiger partial charge in [0.05, 0.1) is 6.61 Å². The molecular formula is C16H25ClN2O4S. The molecule has 0 aliphatic carbocycles. The minimum Gasteiger partial charge on any atom is -0.380 e. The maximum Gasteiger partial charge on any atom is 0.241 e. The third-order valence-electron chi connectivity index (χ3n) is 4.32. The van der Waals surface area contributed by atoms with E-state index in [0.717, 1.165) is 17.4 Å². The van der Waals surface area contributed by atoms with Crippen LogP contribution < -0.4 is 10.6 Å². The van der Waals surface area contributed by atoms with Gasteiger partial charge in [-0.1, -0.05) is 24.3 Å². The molecule has 2 rings (SSSR count). The van der Waals surface area contributed by atoms with Crippen LogP contribution in [0.15, 0.2) is 24.3 Å². The molecule has 0 atom stereocenters. The summed E-state index contributed by atoms with van der Waals surface area (Å²) >= 11 is 0. The van der Waals surface area contributed by atoms with Gasteiger partial charge < -0.3 is 15.4 Å². The van der Waals surface area contributed by atoms with Crippen molar-refractivity contribution >= 4 is 28.2 Å². The van der Waals surface area contributed by atoms with E-state index in [1.54, 1.807) is 7.11 Å². The average Bonchev–Trinajstić information content (AvgIpc) is 2.54. The zero-order valence-corrected chi connectivity index (χ0v) is 15.6. The number of piperidine rings is 1. The second-order valence-corrected chi connectivity index (χ2v) is 8.27. The fraction of sp³-hybridized carbons (Fsp3) is 0.562. The lowest BCUT2D eigenvalue weighted by Crippen LogP contribution is -2.57. The first kappa shape index (κ1) is 20.9. The Morgan fingerprint density at radius 2 is 1.75 bits per heavy atom. The normalized spacial score (nSPS) is 16.9. The highest BCUT2D eigenvalue weighted by atomic mass is 35.5. The standard InChI is InChI=1S/C16H24N2O4S.ClH/c1-22-12-14-5-3-13(4-6-14)11-18-15(19)16(23(2,20)21)7-9-17-10-8-16;/h3-6,17H,7-12H2,1-2H3,(H,18,19);1H. The van der Waals surface area contributed by atoms with Crippen molar-refractivity contribution in [2.75, 3.05) is 26.5 Å². The SMILES string of the molecule is COCc1ccc(CNC(=O)C2(S(C)(=O)=O)CCNCC2)cc1.Cl. The molecule has 1 fully saturated rings. The summed E-state index contributed by atoms with van der Waals surface area (Å²) in [5, 5.41) is 5.89. The van der Waals surface area contributed by atoms with Crippen molar-refractivity contribution in [3.8, 4) is 0 Å². The first-order valence-corrected chi connectivity index (χ1v) is 9.53. The Hall–Kier alpha value is -1.15. The zero-order chi connectivity index (χ0) is 16.9. The Labute approximate surface area is 149 Å². The Balaban J connectivity index is 0.00000288. The number of nitrogens with one attached hydrogen (secondary N) is 2. The monoisotopic (exact) mass is 376 g/mol. The molecule has 24 heavy (non-hydrogen) atoms. The van der Waals surface area contributed by atoms with Crippen molar-refractivity contribution < 1.29 is 17.9 Å². The van der Waals surface area contributed by atoms with Crippen LogP contribution in [-0.4, -0.2) is 45.5 Å². The van der Waals surface area contributed by atoms with Gasteiger partial charge in [-0.15, -0.1) is 12.4 Å². The topological polar surface area (TPSA) is 84.5 Å².